The van der Waals surface area contributed by atoms with E-state index in [1.807, 2.05) is 13.8 Å². The number of halogens is 2. The molecule has 1 N–H and O–H groups in total. The van der Waals surface area contributed by atoms with Crippen LogP contribution in [0.15, 0.2) is 24.4 Å². The normalized spacial score (nSPS) is 11.4. The average molecular weight is 403 g/mol. The van der Waals surface area contributed by atoms with Gasteiger partial charge in [0, 0.05) is 29.4 Å². The molecule has 1 amide bonds. The third-order valence-electron chi connectivity index (χ3n) is 4.84. The van der Waals surface area contributed by atoms with E-state index in [9.17, 15) is 9.18 Å². The molecule has 0 unspecified atom stereocenters. The maximum absolute atomic E-state index is 13.3. The Labute approximate surface area is 168 Å². The number of aryl methyl sites for hydroxylation is 2. The molecule has 0 bridgehead atoms. The summed E-state index contributed by atoms with van der Waals surface area (Å²) in [5, 5.41) is 7.67. The van der Waals surface area contributed by atoms with Gasteiger partial charge in [0.15, 0.2) is 5.65 Å². The molecule has 0 aliphatic rings. The van der Waals surface area contributed by atoms with Crippen LogP contribution >= 0.6 is 11.6 Å². The van der Waals surface area contributed by atoms with Gasteiger partial charge in [-0.2, -0.15) is 5.10 Å². The minimum Gasteiger partial charge on any atom is -0.352 e. The second-order valence-electron chi connectivity index (χ2n) is 7.41. The number of rotatable bonds is 6. The first-order valence-corrected chi connectivity index (χ1v) is 9.71. The fourth-order valence-electron chi connectivity index (χ4n) is 3.15. The van der Waals surface area contributed by atoms with Crippen LogP contribution in [0, 0.1) is 25.6 Å². The fraction of sp³-hybridized carbons (Fsp3) is 0.381. The monoisotopic (exact) mass is 402 g/mol. The number of hydrogen-bond acceptors (Lipinski definition) is 3. The van der Waals surface area contributed by atoms with Crippen molar-refractivity contribution in [3.63, 3.8) is 0 Å². The van der Waals surface area contributed by atoms with Crippen LogP contribution in [0.25, 0.3) is 5.65 Å². The van der Waals surface area contributed by atoms with E-state index in [2.05, 4.69) is 29.2 Å². The van der Waals surface area contributed by atoms with Gasteiger partial charge in [-0.25, -0.2) is 13.9 Å². The van der Waals surface area contributed by atoms with Crippen molar-refractivity contribution in [2.75, 3.05) is 6.54 Å². The Balaban J connectivity index is 1.92. The zero-order chi connectivity index (χ0) is 20.4. The predicted molar refractivity (Wildman–Crippen MR) is 108 cm³/mol. The molecule has 0 fully saturated rings. The Morgan fingerprint density at radius 1 is 1.32 bits per heavy atom. The maximum Gasteiger partial charge on any atom is 0.256 e. The molecule has 2 heterocycles. The van der Waals surface area contributed by atoms with Crippen LogP contribution in [-0.2, 0) is 6.42 Å². The average Bonchev–Trinajstić information content (AvgIpc) is 3.03. The first kappa shape index (κ1) is 20.3. The first-order valence-electron chi connectivity index (χ1n) is 9.34. The van der Waals surface area contributed by atoms with E-state index in [1.165, 1.54) is 12.1 Å². The lowest BCUT2D eigenvalue weighted by atomic mass is 10.0. The van der Waals surface area contributed by atoms with Crippen molar-refractivity contribution >= 4 is 23.2 Å². The highest BCUT2D eigenvalue weighted by molar-refractivity contribution is 6.31. The number of amides is 1. The molecule has 28 heavy (non-hydrogen) atoms. The number of nitrogens with zero attached hydrogens (tertiary/aromatic N) is 3. The molecule has 0 aliphatic carbocycles. The SMILES string of the molecule is Cc1nc2c(C(=O)NCCC(C)C)cnn2c(C)c1Cc1ccc(F)cc1Cl. The number of fused-ring (bicyclic) bond motifs is 1. The van der Waals surface area contributed by atoms with Crippen LogP contribution in [0.1, 0.15) is 53.1 Å². The highest BCUT2D eigenvalue weighted by atomic mass is 35.5. The van der Waals surface area contributed by atoms with Crippen LogP contribution in [0.4, 0.5) is 4.39 Å². The van der Waals surface area contributed by atoms with E-state index in [0.717, 1.165) is 28.9 Å². The first-order chi connectivity index (χ1) is 13.3. The van der Waals surface area contributed by atoms with Gasteiger partial charge >= 0.3 is 0 Å². The topological polar surface area (TPSA) is 59.3 Å². The third kappa shape index (κ3) is 4.17. The Morgan fingerprint density at radius 3 is 2.75 bits per heavy atom. The highest BCUT2D eigenvalue weighted by Crippen LogP contribution is 2.24. The van der Waals surface area contributed by atoms with Crippen LogP contribution in [-0.4, -0.2) is 27.0 Å². The lowest BCUT2D eigenvalue weighted by Gasteiger charge is -2.13. The second-order valence-corrected chi connectivity index (χ2v) is 7.81. The van der Waals surface area contributed by atoms with Crippen molar-refractivity contribution < 1.29 is 9.18 Å². The number of hydrogen-bond donors (Lipinski definition) is 1. The smallest absolute Gasteiger partial charge is 0.256 e. The lowest BCUT2D eigenvalue weighted by molar-refractivity contribution is 0.0953. The molecule has 7 heteroatoms. The largest absolute Gasteiger partial charge is 0.352 e. The summed E-state index contributed by atoms with van der Waals surface area (Å²) < 4.78 is 15.0. The Kier molecular flexibility index (Phi) is 5.98. The van der Waals surface area contributed by atoms with Crippen LogP contribution in [0.5, 0.6) is 0 Å². The zero-order valence-corrected chi connectivity index (χ0v) is 17.3. The van der Waals surface area contributed by atoms with Crippen molar-refractivity contribution in [2.24, 2.45) is 5.92 Å². The Hall–Kier alpha value is -2.47. The van der Waals surface area contributed by atoms with E-state index in [4.69, 9.17) is 11.6 Å². The summed E-state index contributed by atoms with van der Waals surface area (Å²) in [6.45, 7) is 8.68. The van der Waals surface area contributed by atoms with Crippen molar-refractivity contribution in [3.8, 4) is 0 Å². The summed E-state index contributed by atoms with van der Waals surface area (Å²) in [6, 6.07) is 4.38. The van der Waals surface area contributed by atoms with Gasteiger partial charge in [-0.15, -0.1) is 0 Å². The quantitative estimate of drug-likeness (QED) is 0.660. The van der Waals surface area contributed by atoms with E-state index in [0.29, 0.717) is 35.1 Å². The Morgan fingerprint density at radius 2 is 2.07 bits per heavy atom. The predicted octanol–water partition coefficient (Wildman–Crippen LogP) is 4.51. The molecule has 2 aromatic heterocycles. The van der Waals surface area contributed by atoms with E-state index < -0.39 is 0 Å². The number of carbonyl (C=O) groups excluding carboxylic acids is 1. The van der Waals surface area contributed by atoms with Gasteiger partial charge in [0.05, 0.1) is 6.20 Å². The van der Waals surface area contributed by atoms with Gasteiger partial charge in [-0.05, 0) is 49.4 Å². The summed E-state index contributed by atoms with van der Waals surface area (Å²) in [6.07, 6.45) is 2.97. The molecule has 0 saturated carbocycles. The number of nitrogens with one attached hydrogen (secondary N) is 1. The molecule has 148 valence electrons. The van der Waals surface area contributed by atoms with Crippen LogP contribution < -0.4 is 5.32 Å². The number of carbonyl (C=O) groups is 1. The van der Waals surface area contributed by atoms with Crippen molar-refractivity contribution in [3.05, 3.63) is 63.3 Å². The maximum atomic E-state index is 13.3. The number of aromatic nitrogens is 3. The van der Waals surface area contributed by atoms with Crippen molar-refractivity contribution in [1.82, 2.24) is 19.9 Å². The number of benzene rings is 1. The summed E-state index contributed by atoms with van der Waals surface area (Å²) in [4.78, 5) is 17.1. The molecule has 1 aromatic carbocycles. The second kappa shape index (κ2) is 8.27. The molecular formula is C21H24ClFN4O. The van der Waals surface area contributed by atoms with Gasteiger partial charge in [-0.3, -0.25) is 4.79 Å². The van der Waals surface area contributed by atoms with Gasteiger partial charge in [0.25, 0.3) is 5.91 Å². The molecule has 0 atom stereocenters. The standard InChI is InChI=1S/C21H24ClFN4O/c1-12(2)7-8-24-21(28)18-11-25-27-14(4)17(13(3)26-20(18)27)9-15-5-6-16(23)10-19(15)22/h5-6,10-12H,7-9H2,1-4H3,(H,24,28). The summed E-state index contributed by atoms with van der Waals surface area (Å²) in [5.74, 6) is -0.0140. The highest BCUT2D eigenvalue weighted by Gasteiger charge is 2.19. The van der Waals surface area contributed by atoms with E-state index in [-0.39, 0.29) is 11.7 Å². The minimum absolute atomic E-state index is 0.170. The third-order valence-corrected chi connectivity index (χ3v) is 5.19. The molecule has 0 spiro atoms. The van der Waals surface area contributed by atoms with Gasteiger partial charge in [0.1, 0.15) is 11.4 Å². The fourth-order valence-corrected chi connectivity index (χ4v) is 3.39. The van der Waals surface area contributed by atoms with E-state index in [1.54, 1.807) is 16.8 Å². The summed E-state index contributed by atoms with van der Waals surface area (Å²) >= 11 is 6.18. The van der Waals surface area contributed by atoms with E-state index >= 15 is 0 Å². The van der Waals surface area contributed by atoms with Crippen molar-refractivity contribution in [2.45, 2.75) is 40.5 Å². The lowest BCUT2D eigenvalue weighted by Crippen LogP contribution is -2.25. The van der Waals surface area contributed by atoms with Crippen molar-refractivity contribution in [1.29, 1.82) is 0 Å². The zero-order valence-electron chi connectivity index (χ0n) is 16.5. The molecule has 5 nitrogen and oxygen atoms in total. The summed E-state index contributed by atoms with van der Waals surface area (Å²) in [5.41, 5.74) is 4.43. The molecular weight excluding hydrogens is 379 g/mol. The Bertz CT molecular complexity index is 1030. The molecule has 3 rings (SSSR count). The van der Waals surface area contributed by atoms with Gasteiger partial charge in [0.2, 0.25) is 0 Å². The van der Waals surface area contributed by atoms with Crippen LogP contribution in [0.2, 0.25) is 5.02 Å². The molecule has 3 aromatic rings. The van der Waals surface area contributed by atoms with Crippen LogP contribution in [0.3, 0.4) is 0 Å². The van der Waals surface area contributed by atoms with Gasteiger partial charge < -0.3 is 5.32 Å². The van der Waals surface area contributed by atoms with Gasteiger partial charge in [-0.1, -0.05) is 31.5 Å². The minimum atomic E-state index is -0.365. The molecule has 0 aliphatic heterocycles. The summed E-state index contributed by atoms with van der Waals surface area (Å²) in [7, 11) is 0. The molecule has 0 radical (unpaired) electrons. The molecule has 0 saturated heterocycles.